The summed E-state index contributed by atoms with van der Waals surface area (Å²) in [6.45, 7) is 2.10. The molecule has 1 aromatic carbocycles. The maximum absolute atomic E-state index is 13.3. The Bertz CT molecular complexity index is 1020. The van der Waals surface area contributed by atoms with Gasteiger partial charge in [-0.25, -0.2) is 4.39 Å². The van der Waals surface area contributed by atoms with Crippen molar-refractivity contribution >= 4 is 34.5 Å². The minimum Gasteiger partial charge on any atom is -0.496 e. The fourth-order valence-electron chi connectivity index (χ4n) is 3.45. The fraction of sp³-hybridized carbons (Fsp3) is 0.429. The number of halogens is 1. The maximum atomic E-state index is 13.3. The van der Waals surface area contributed by atoms with Crippen LogP contribution < -0.4 is 21.6 Å². The Morgan fingerprint density at radius 3 is 2.44 bits per heavy atom. The zero-order valence-electron chi connectivity index (χ0n) is 18.3. The first-order valence-corrected chi connectivity index (χ1v) is 10.0. The first-order chi connectivity index (χ1) is 15.1. The van der Waals surface area contributed by atoms with Crippen LogP contribution in [0, 0.1) is 5.92 Å². The largest absolute Gasteiger partial charge is 0.496 e. The molecule has 2 aromatic rings. The van der Waals surface area contributed by atoms with Crippen LogP contribution in [0.15, 0.2) is 24.3 Å². The topological polar surface area (TPSA) is 150 Å². The van der Waals surface area contributed by atoms with Crippen molar-refractivity contribution in [2.45, 2.75) is 32.7 Å². The highest BCUT2D eigenvalue weighted by molar-refractivity contribution is 6.01. The van der Waals surface area contributed by atoms with Gasteiger partial charge in [0.05, 0.1) is 19.2 Å². The Hall–Kier alpha value is -3.63. The third kappa shape index (κ3) is 5.54. The van der Waals surface area contributed by atoms with Crippen molar-refractivity contribution in [2.75, 3.05) is 20.3 Å². The van der Waals surface area contributed by atoms with Crippen molar-refractivity contribution in [3.8, 4) is 5.75 Å². The van der Waals surface area contributed by atoms with Gasteiger partial charge in [-0.3, -0.25) is 29.6 Å². The Balaban J connectivity index is 2.56. The normalized spacial score (nSPS) is 11.9. The second kappa shape index (κ2) is 10.6. The lowest BCUT2D eigenvalue weighted by atomic mass is 10.0. The molecule has 1 aromatic heterocycles. The third-order valence-corrected chi connectivity index (χ3v) is 4.87. The number of nitrogens with one attached hydrogen (secondary N) is 1. The van der Waals surface area contributed by atoms with Crippen LogP contribution in [0.5, 0.6) is 5.75 Å². The standard InChI is InChI=1S/C21H28FN5O5/c1-12(2)9-16(21(31)25-26(19(29)11-22)8-7-18(23)28)27-14-5-4-6-17(32-3)13(14)10-15(27)20(24)30/h4-6,10,12,16H,7-9,11H2,1-3H3,(H2,23,28)(H2,24,30)(H,25,31)/t16-/m1/s1. The number of carbonyl (C=O) groups excluding carboxylic acids is 4. The van der Waals surface area contributed by atoms with Gasteiger partial charge in [0.25, 0.3) is 17.7 Å². The van der Waals surface area contributed by atoms with Gasteiger partial charge in [0.1, 0.15) is 17.5 Å². The first kappa shape index (κ1) is 24.6. The van der Waals surface area contributed by atoms with Crippen LogP contribution in [-0.2, 0) is 14.4 Å². The number of primary amides is 2. The van der Waals surface area contributed by atoms with E-state index in [4.69, 9.17) is 16.2 Å². The molecule has 0 spiro atoms. The third-order valence-electron chi connectivity index (χ3n) is 4.87. The summed E-state index contributed by atoms with van der Waals surface area (Å²) in [5.74, 6) is -2.68. The van der Waals surface area contributed by atoms with Crippen LogP contribution in [0.1, 0.15) is 43.2 Å². The summed E-state index contributed by atoms with van der Waals surface area (Å²) in [7, 11) is 1.48. The number of benzene rings is 1. The molecule has 0 unspecified atom stereocenters. The van der Waals surface area contributed by atoms with Crippen LogP contribution >= 0.6 is 0 Å². The predicted molar refractivity (Wildman–Crippen MR) is 115 cm³/mol. The van der Waals surface area contributed by atoms with Crippen molar-refractivity contribution in [1.29, 1.82) is 0 Å². The summed E-state index contributed by atoms with van der Waals surface area (Å²) in [5, 5.41) is 1.30. The van der Waals surface area contributed by atoms with E-state index in [1.807, 2.05) is 13.8 Å². The summed E-state index contributed by atoms with van der Waals surface area (Å²) < 4.78 is 19.9. The van der Waals surface area contributed by atoms with Gasteiger partial charge < -0.3 is 20.8 Å². The van der Waals surface area contributed by atoms with Gasteiger partial charge in [0.15, 0.2) is 6.67 Å². The molecule has 0 radical (unpaired) electrons. The van der Waals surface area contributed by atoms with Crippen LogP contribution in [-0.4, -0.2) is 53.5 Å². The number of aromatic nitrogens is 1. The average molecular weight is 449 g/mol. The number of amides is 4. The molecule has 0 saturated heterocycles. The van der Waals surface area contributed by atoms with E-state index < -0.39 is 36.3 Å². The van der Waals surface area contributed by atoms with Crippen molar-refractivity contribution in [3.05, 3.63) is 30.0 Å². The van der Waals surface area contributed by atoms with E-state index in [-0.39, 0.29) is 31.0 Å². The van der Waals surface area contributed by atoms with Gasteiger partial charge in [0, 0.05) is 11.8 Å². The van der Waals surface area contributed by atoms with E-state index in [9.17, 15) is 23.6 Å². The lowest BCUT2D eigenvalue weighted by Gasteiger charge is -2.28. The van der Waals surface area contributed by atoms with Crippen LogP contribution in [0.3, 0.4) is 0 Å². The predicted octanol–water partition coefficient (Wildman–Crippen LogP) is 1.04. The minimum atomic E-state index is -1.37. The molecule has 0 aliphatic heterocycles. The zero-order chi connectivity index (χ0) is 24.0. The number of methoxy groups -OCH3 is 1. The fourth-order valence-corrected chi connectivity index (χ4v) is 3.45. The molecule has 1 heterocycles. The molecular formula is C21H28FN5O5. The zero-order valence-corrected chi connectivity index (χ0v) is 18.3. The highest BCUT2D eigenvalue weighted by atomic mass is 19.1. The number of rotatable bonds is 10. The van der Waals surface area contributed by atoms with Crippen LogP contribution in [0.25, 0.3) is 10.9 Å². The molecule has 32 heavy (non-hydrogen) atoms. The lowest BCUT2D eigenvalue weighted by molar-refractivity contribution is -0.144. The minimum absolute atomic E-state index is 0.00507. The molecule has 4 amide bonds. The summed E-state index contributed by atoms with van der Waals surface area (Å²) in [6.07, 6.45) is 0.0115. The molecule has 2 rings (SSSR count). The SMILES string of the molecule is COc1cccc2c1cc(C(N)=O)n2[C@H](CC(C)C)C(=O)NN(CCC(N)=O)C(=O)CF. The maximum Gasteiger partial charge on any atom is 0.272 e. The van der Waals surface area contributed by atoms with Gasteiger partial charge in [-0.15, -0.1) is 0 Å². The number of alkyl halides is 1. The second-order valence-electron chi connectivity index (χ2n) is 7.67. The molecule has 174 valence electrons. The summed E-state index contributed by atoms with van der Waals surface area (Å²) in [5.41, 5.74) is 13.7. The number of hydrogen-bond acceptors (Lipinski definition) is 5. The van der Waals surface area contributed by atoms with Gasteiger partial charge in [-0.05, 0) is 30.5 Å². The number of ether oxygens (including phenoxy) is 1. The number of hydrogen-bond donors (Lipinski definition) is 3. The molecule has 1 atom stereocenters. The quantitative estimate of drug-likeness (QED) is 0.463. The Morgan fingerprint density at radius 2 is 1.91 bits per heavy atom. The smallest absolute Gasteiger partial charge is 0.272 e. The van der Waals surface area contributed by atoms with E-state index in [0.29, 0.717) is 16.7 Å². The number of hydrazine groups is 1. The van der Waals surface area contributed by atoms with E-state index in [2.05, 4.69) is 5.43 Å². The summed E-state index contributed by atoms with van der Waals surface area (Å²) in [4.78, 5) is 48.6. The monoisotopic (exact) mass is 449 g/mol. The second-order valence-corrected chi connectivity index (χ2v) is 7.67. The van der Waals surface area contributed by atoms with Crippen LogP contribution in [0.4, 0.5) is 4.39 Å². The van der Waals surface area contributed by atoms with E-state index in [1.165, 1.54) is 17.7 Å². The Morgan fingerprint density at radius 1 is 1.22 bits per heavy atom. The highest BCUT2D eigenvalue weighted by Gasteiger charge is 2.30. The van der Waals surface area contributed by atoms with Gasteiger partial charge in [0.2, 0.25) is 5.91 Å². The molecule has 0 fully saturated rings. The average Bonchev–Trinajstić information content (AvgIpc) is 3.13. The molecule has 10 nitrogen and oxygen atoms in total. The van der Waals surface area contributed by atoms with E-state index in [1.54, 1.807) is 18.2 Å². The molecule has 5 N–H and O–H groups in total. The molecule has 0 aliphatic carbocycles. The van der Waals surface area contributed by atoms with Crippen molar-refractivity contribution in [2.24, 2.45) is 17.4 Å². The summed E-state index contributed by atoms with van der Waals surface area (Å²) in [6, 6.07) is 5.70. The number of nitrogens with two attached hydrogens (primary N) is 2. The van der Waals surface area contributed by atoms with E-state index in [0.717, 1.165) is 5.01 Å². The van der Waals surface area contributed by atoms with E-state index >= 15 is 0 Å². The van der Waals surface area contributed by atoms with Gasteiger partial charge >= 0.3 is 0 Å². The number of carbonyl (C=O) groups is 4. The number of fused-ring (bicyclic) bond motifs is 1. The molecule has 0 bridgehead atoms. The lowest BCUT2D eigenvalue weighted by Crippen LogP contribution is -2.50. The number of nitrogens with zero attached hydrogens (tertiary/aromatic N) is 2. The van der Waals surface area contributed by atoms with Crippen molar-refractivity contribution in [3.63, 3.8) is 0 Å². The van der Waals surface area contributed by atoms with Crippen molar-refractivity contribution < 1.29 is 28.3 Å². The van der Waals surface area contributed by atoms with Crippen LogP contribution in [0.2, 0.25) is 0 Å². The Labute approximate surface area is 184 Å². The highest BCUT2D eigenvalue weighted by Crippen LogP contribution is 2.33. The first-order valence-electron chi connectivity index (χ1n) is 10.0. The van der Waals surface area contributed by atoms with Crippen molar-refractivity contribution in [1.82, 2.24) is 15.0 Å². The molecular weight excluding hydrogens is 421 g/mol. The van der Waals surface area contributed by atoms with Gasteiger partial charge in [-0.1, -0.05) is 19.9 Å². The summed E-state index contributed by atoms with van der Waals surface area (Å²) >= 11 is 0. The molecule has 0 saturated carbocycles. The molecule has 0 aliphatic rings. The Kier molecular flexibility index (Phi) is 8.16. The molecule has 11 heteroatoms. The van der Waals surface area contributed by atoms with Gasteiger partial charge in [-0.2, -0.15) is 0 Å².